The Labute approximate surface area is 184 Å². The van der Waals surface area contributed by atoms with Crippen LogP contribution in [0.1, 0.15) is 15.9 Å². The van der Waals surface area contributed by atoms with Crippen LogP contribution in [0.2, 0.25) is 0 Å². The summed E-state index contributed by atoms with van der Waals surface area (Å²) >= 11 is 1.52. The SMILES string of the molecule is COc1cc(C(=O)c2cc(-c3nccs3)ccc2-c2ccncc2)cc(OC)c1OC. The first-order valence-corrected chi connectivity index (χ1v) is 10.3. The van der Waals surface area contributed by atoms with Gasteiger partial charge in [0, 0.05) is 40.7 Å². The highest BCUT2D eigenvalue weighted by molar-refractivity contribution is 7.13. The number of methoxy groups -OCH3 is 3. The number of hydrogen-bond acceptors (Lipinski definition) is 7. The monoisotopic (exact) mass is 432 g/mol. The van der Waals surface area contributed by atoms with E-state index in [-0.39, 0.29) is 5.78 Å². The number of ketones is 1. The molecule has 0 bridgehead atoms. The van der Waals surface area contributed by atoms with Gasteiger partial charge in [0.1, 0.15) is 5.01 Å². The van der Waals surface area contributed by atoms with Crippen LogP contribution in [0.3, 0.4) is 0 Å². The minimum absolute atomic E-state index is 0.163. The van der Waals surface area contributed by atoms with Gasteiger partial charge in [-0.25, -0.2) is 4.98 Å². The van der Waals surface area contributed by atoms with Crippen LogP contribution < -0.4 is 14.2 Å². The average molecular weight is 433 g/mol. The molecule has 0 spiro atoms. The Morgan fingerprint density at radius 3 is 2.13 bits per heavy atom. The lowest BCUT2D eigenvalue weighted by atomic mass is 9.92. The molecule has 0 radical (unpaired) electrons. The van der Waals surface area contributed by atoms with Gasteiger partial charge < -0.3 is 14.2 Å². The molecule has 31 heavy (non-hydrogen) atoms. The summed E-state index contributed by atoms with van der Waals surface area (Å²) in [6.45, 7) is 0. The van der Waals surface area contributed by atoms with Crippen molar-refractivity contribution in [3.63, 3.8) is 0 Å². The van der Waals surface area contributed by atoms with Crippen molar-refractivity contribution in [1.29, 1.82) is 0 Å². The van der Waals surface area contributed by atoms with E-state index in [0.717, 1.165) is 21.7 Å². The van der Waals surface area contributed by atoms with Gasteiger partial charge in [-0.3, -0.25) is 9.78 Å². The highest BCUT2D eigenvalue weighted by Gasteiger charge is 2.21. The fraction of sp³-hybridized carbons (Fsp3) is 0.125. The van der Waals surface area contributed by atoms with Crippen LogP contribution >= 0.6 is 11.3 Å². The van der Waals surface area contributed by atoms with E-state index in [0.29, 0.717) is 28.4 Å². The molecule has 4 rings (SSSR count). The molecule has 0 aliphatic carbocycles. The van der Waals surface area contributed by atoms with Crippen LogP contribution in [0.4, 0.5) is 0 Å². The van der Waals surface area contributed by atoms with Crippen molar-refractivity contribution in [1.82, 2.24) is 9.97 Å². The summed E-state index contributed by atoms with van der Waals surface area (Å²) in [5.41, 5.74) is 3.57. The summed E-state index contributed by atoms with van der Waals surface area (Å²) in [6.07, 6.45) is 5.16. The van der Waals surface area contributed by atoms with Gasteiger partial charge in [-0.15, -0.1) is 11.3 Å². The molecular weight excluding hydrogens is 412 g/mol. The van der Waals surface area contributed by atoms with Gasteiger partial charge in [0.05, 0.1) is 21.3 Å². The molecule has 0 atom stereocenters. The quantitative estimate of drug-likeness (QED) is 0.377. The molecule has 6 nitrogen and oxygen atoms in total. The summed E-state index contributed by atoms with van der Waals surface area (Å²) in [4.78, 5) is 22.2. The molecule has 0 aliphatic heterocycles. The van der Waals surface area contributed by atoms with E-state index in [2.05, 4.69) is 9.97 Å². The Bertz CT molecular complexity index is 1180. The number of carbonyl (C=O) groups is 1. The van der Waals surface area contributed by atoms with Gasteiger partial charge in [0.25, 0.3) is 0 Å². The molecule has 156 valence electrons. The molecule has 2 heterocycles. The molecule has 0 saturated carbocycles. The van der Waals surface area contributed by atoms with E-state index >= 15 is 0 Å². The maximum atomic E-state index is 13.7. The molecule has 0 N–H and O–H groups in total. The number of ether oxygens (including phenoxy) is 3. The first-order chi connectivity index (χ1) is 15.2. The Balaban J connectivity index is 1.89. The predicted octanol–water partition coefficient (Wildman–Crippen LogP) is 5.13. The number of hydrogen-bond donors (Lipinski definition) is 0. The van der Waals surface area contributed by atoms with Crippen molar-refractivity contribution in [2.75, 3.05) is 21.3 Å². The number of nitrogens with zero attached hydrogens (tertiary/aromatic N) is 2. The third kappa shape index (κ3) is 4.00. The first-order valence-electron chi connectivity index (χ1n) is 9.45. The largest absolute Gasteiger partial charge is 0.493 e. The maximum Gasteiger partial charge on any atom is 0.203 e. The second-order valence-corrected chi connectivity index (χ2v) is 7.47. The molecule has 2 aromatic carbocycles. The van der Waals surface area contributed by atoms with Gasteiger partial charge in [0.2, 0.25) is 5.75 Å². The third-order valence-corrected chi connectivity index (χ3v) is 5.68. The highest BCUT2D eigenvalue weighted by atomic mass is 32.1. The third-order valence-electron chi connectivity index (χ3n) is 4.86. The van der Waals surface area contributed by atoms with Crippen molar-refractivity contribution in [2.24, 2.45) is 0 Å². The van der Waals surface area contributed by atoms with Crippen LogP contribution in [-0.2, 0) is 0 Å². The molecule has 0 saturated heterocycles. The lowest BCUT2D eigenvalue weighted by Gasteiger charge is -2.15. The van der Waals surface area contributed by atoms with Crippen LogP contribution in [-0.4, -0.2) is 37.1 Å². The predicted molar refractivity (Wildman–Crippen MR) is 120 cm³/mol. The minimum Gasteiger partial charge on any atom is -0.493 e. The molecule has 0 aliphatic rings. The van der Waals surface area contributed by atoms with E-state index < -0.39 is 0 Å². The number of carbonyl (C=O) groups excluding carboxylic acids is 1. The van der Waals surface area contributed by atoms with Crippen molar-refractivity contribution < 1.29 is 19.0 Å². The van der Waals surface area contributed by atoms with Crippen molar-refractivity contribution in [3.05, 3.63) is 77.6 Å². The molecule has 0 unspecified atom stereocenters. The Kier molecular flexibility index (Phi) is 5.95. The van der Waals surface area contributed by atoms with E-state index in [1.807, 2.05) is 35.7 Å². The lowest BCUT2D eigenvalue weighted by Crippen LogP contribution is -2.06. The summed E-state index contributed by atoms with van der Waals surface area (Å²) < 4.78 is 16.2. The van der Waals surface area contributed by atoms with Gasteiger partial charge >= 0.3 is 0 Å². The Morgan fingerprint density at radius 1 is 0.839 bits per heavy atom. The second kappa shape index (κ2) is 8.97. The number of aromatic nitrogens is 2. The van der Waals surface area contributed by atoms with Crippen LogP contribution in [0.25, 0.3) is 21.7 Å². The van der Waals surface area contributed by atoms with Crippen LogP contribution in [0, 0.1) is 0 Å². The molecule has 2 aromatic heterocycles. The maximum absolute atomic E-state index is 13.7. The molecule has 0 fully saturated rings. The lowest BCUT2D eigenvalue weighted by molar-refractivity contribution is 0.103. The zero-order valence-corrected chi connectivity index (χ0v) is 18.1. The Morgan fingerprint density at radius 2 is 1.55 bits per heavy atom. The fourth-order valence-corrected chi connectivity index (χ4v) is 4.02. The zero-order valence-electron chi connectivity index (χ0n) is 17.3. The molecule has 4 aromatic rings. The van der Waals surface area contributed by atoms with Gasteiger partial charge in [0.15, 0.2) is 17.3 Å². The van der Waals surface area contributed by atoms with Gasteiger partial charge in [-0.05, 0) is 41.5 Å². The standard InChI is InChI=1S/C24H20N2O4S/c1-28-20-13-17(14-21(29-2)23(20)30-3)22(27)19-12-16(24-26-10-11-31-24)4-5-18(19)15-6-8-25-9-7-15/h4-14H,1-3H3. The van der Waals surface area contributed by atoms with Crippen molar-refractivity contribution in [2.45, 2.75) is 0 Å². The van der Waals surface area contributed by atoms with Crippen LogP contribution in [0.15, 0.2) is 66.4 Å². The zero-order chi connectivity index (χ0) is 21.8. The molecular formula is C24H20N2O4S. The van der Waals surface area contributed by atoms with E-state index in [9.17, 15) is 4.79 Å². The van der Waals surface area contributed by atoms with Crippen LogP contribution in [0.5, 0.6) is 17.2 Å². The smallest absolute Gasteiger partial charge is 0.203 e. The summed E-state index contributed by atoms with van der Waals surface area (Å²) in [6, 6.07) is 12.9. The minimum atomic E-state index is -0.163. The van der Waals surface area contributed by atoms with E-state index in [4.69, 9.17) is 14.2 Å². The van der Waals surface area contributed by atoms with Crippen molar-refractivity contribution >= 4 is 17.1 Å². The normalized spacial score (nSPS) is 10.5. The number of thiazole rings is 1. The topological polar surface area (TPSA) is 70.5 Å². The summed E-state index contributed by atoms with van der Waals surface area (Å²) in [5.74, 6) is 1.12. The second-order valence-electron chi connectivity index (χ2n) is 6.58. The van der Waals surface area contributed by atoms with Gasteiger partial charge in [-0.1, -0.05) is 12.1 Å². The highest BCUT2D eigenvalue weighted by Crippen LogP contribution is 2.39. The average Bonchev–Trinajstić information content (AvgIpc) is 3.38. The molecule has 0 amide bonds. The van der Waals surface area contributed by atoms with Gasteiger partial charge in [-0.2, -0.15) is 0 Å². The first kappa shape index (κ1) is 20.6. The Hall–Kier alpha value is -3.71. The molecule has 7 heteroatoms. The number of rotatable bonds is 7. The van der Waals surface area contributed by atoms with E-state index in [1.54, 1.807) is 30.7 Å². The summed E-state index contributed by atoms with van der Waals surface area (Å²) in [7, 11) is 4.58. The van der Waals surface area contributed by atoms with E-state index in [1.165, 1.54) is 32.7 Å². The number of pyridine rings is 1. The number of benzene rings is 2. The van der Waals surface area contributed by atoms with Crippen molar-refractivity contribution in [3.8, 4) is 38.9 Å². The fourth-order valence-electron chi connectivity index (χ4n) is 3.38. The summed E-state index contributed by atoms with van der Waals surface area (Å²) in [5, 5.41) is 2.76.